The van der Waals surface area contributed by atoms with Gasteiger partial charge in [0.25, 0.3) is 5.91 Å². The Hall–Kier alpha value is -0.970. The van der Waals surface area contributed by atoms with E-state index < -0.39 is 11.6 Å². The highest BCUT2D eigenvalue weighted by atomic mass is 19.1. The van der Waals surface area contributed by atoms with Crippen LogP contribution in [0.3, 0.4) is 0 Å². The monoisotopic (exact) mass is 244 g/mol. The van der Waals surface area contributed by atoms with E-state index in [1.807, 2.05) is 18.7 Å². The van der Waals surface area contributed by atoms with E-state index in [2.05, 4.69) is 5.32 Å². The lowest BCUT2D eigenvalue weighted by Crippen LogP contribution is -2.53. The molecule has 98 valence electrons. The predicted octanol–water partition coefficient (Wildman–Crippen LogP) is 0.760. The van der Waals surface area contributed by atoms with Gasteiger partial charge in [0.1, 0.15) is 6.29 Å². The molecule has 1 rings (SSSR count). The maximum Gasteiger partial charge on any atom is 0.257 e. The van der Waals surface area contributed by atoms with Crippen LogP contribution >= 0.6 is 0 Å². The van der Waals surface area contributed by atoms with E-state index in [4.69, 9.17) is 0 Å². The number of halogens is 1. The van der Waals surface area contributed by atoms with Crippen molar-refractivity contribution in [3.05, 3.63) is 0 Å². The highest BCUT2D eigenvalue weighted by molar-refractivity contribution is 5.84. The fourth-order valence-corrected chi connectivity index (χ4v) is 2.29. The Kier molecular flexibility index (Phi) is 4.62. The minimum Gasteiger partial charge on any atom is -0.356 e. The number of aldehydes is 1. The van der Waals surface area contributed by atoms with Gasteiger partial charge >= 0.3 is 0 Å². The molecule has 1 amide bonds. The average molecular weight is 244 g/mol. The van der Waals surface area contributed by atoms with Crippen molar-refractivity contribution in [2.75, 3.05) is 20.1 Å². The molecule has 0 radical (unpaired) electrons. The van der Waals surface area contributed by atoms with Crippen LogP contribution in [-0.2, 0) is 9.59 Å². The number of amides is 1. The topological polar surface area (TPSA) is 49.4 Å². The molecule has 1 N–H and O–H groups in total. The molecular formula is C12H21FN2O2. The molecule has 5 heteroatoms. The van der Waals surface area contributed by atoms with Crippen molar-refractivity contribution in [2.45, 2.75) is 38.4 Å². The number of carbonyl (C=O) groups is 2. The minimum atomic E-state index is -1.77. The summed E-state index contributed by atoms with van der Waals surface area (Å²) in [5, 5.41) is 2.35. The molecular weight excluding hydrogens is 223 g/mol. The number of hydrogen-bond donors (Lipinski definition) is 1. The van der Waals surface area contributed by atoms with E-state index >= 15 is 0 Å². The van der Waals surface area contributed by atoms with E-state index in [1.165, 1.54) is 7.05 Å². The van der Waals surface area contributed by atoms with E-state index in [1.54, 1.807) is 0 Å². The van der Waals surface area contributed by atoms with Gasteiger partial charge in [-0.2, -0.15) is 0 Å². The Morgan fingerprint density at radius 3 is 2.29 bits per heavy atom. The summed E-state index contributed by atoms with van der Waals surface area (Å²) in [6, 6.07) is -0.177. The molecule has 1 fully saturated rings. The van der Waals surface area contributed by atoms with Gasteiger partial charge in [0.2, 0.25) is 0 Å². The standard InChI is InChI=1S/C12H21FN2O2/c1-9(2)10(8-16)15-6-4-12(13,5-7-15)11(17)14-3/h8-10H,4-7H2,1-3H3,(H,14,17). The van der Waals surface area contributed by atoms with Crippen LogP contribution in [0.25, 0.3) is 0 Å². The van der Waals surface area contributed by atoms with Crippen molar-refractivity contribution in [3.63, 3.8) is 0 Å². The number of rotatable bonds is 4. The second-order valence-electron chi connectivity index (χ2n) is 4.95. The summed E-state index contributed by atoms with van der Waals surface area (Å²) < 4.78 is 14.2. The molecule has 1 atom stereocenters. The summed E-state index contributed by atoms with van der Waals surface area (Å²) >= 11 is 0. The normalized spacial score (nSPS) is 22.2. The van der Waals surface area contributed by atoms with Crippen molar-refractivity contribution in [1.29, 1.82) is 0 Å². The van der Waals surface area contributed by atoms with Crippen molar-refractivity contribution in [2.24, 2.45) is 5.92 Å². The number of alkyl halides is 1. The maximum atomic E-state index is 14.2. The first kappa shape index (κ1) is 14.1. The number of nitrogens with zero attached hydrogens (tertiary/aromatic N) is 1. The first-order valence-corrected chi connectivity index (χ1v) is 6.05. The van der Waals surface area contributed by atoms with Crippen LogP contribution in [0.15, 0.2) is 0 Å². The molecule has 4 nitrogen and oxygen atoms in total. The zero-order valence-corrected chi connectivity index (χ0v) is 10.7. The average Bonchev–Trinajstić information content (AvgIpc) is 2.31. The van der Waals surface area contributed by atoms with Crippen LogP contribution in [0.4, 0.5) is 4.39 Å². The number of likely N-dealkylation sites (tertiary alicyclic amines) is 1. The van der Waals surface area contributed by atoms with E-state index in [9.17, 15) is 14.0 Å². The van der Waals surface area contributed by atoms with Crippen LogP contribution in [0, 0.1) is 5.92 Å². The fraction of sp³-hybridized carbons (Fsp3) is 0.833. The maximum absolute atomic E-state index is 14.2. The Labute approximate surface area is 102 Å². The number of hydrogen-bond acceptors (Lipinski definition) is 3. The first-order chi connectivity index (χ1) is 7.94. The molecule has 0 aromatic rings. The molecule has 0 bridgehead atoms. The van der Waals surface area contributed by atoms with Gasteiger partial charge in [0.15, 0.2) is 5.67 Å². The lowest BCUT2D eigenvalue weighted by atomic mass is 9.90. The third kappa shape index (κ3) is 3.03. The van der Waals surface area contributed by atoms with Gasteiger partial charge in [-0.25, -0.2) is 4.39 Å². The summed E-state index contributed by atoms with van der Waals surface area (Å²) in [6.07, 6.45) is 1.23. The van der Waals surface area contributed by atoms with Gasteiger partial charge in [-0.05, 0) is 5.92 Å². The van der Waals surface area contributed by atoms with E-state index in [-0.39, 0.29) is 24.8 Å². The van der Waals surface area contributed by atoms with Gasteiger partial charge < -0.3 is 10.1 Å². The predicted molar refractivity (Wildman–Crippen MR) is 63.4 cm³/mol. The highest BCUT2D eigenvalue weighted by Crippen LogP contribution is 2.28. The smallest absolute Gasteiger partial charge is 0.257 e. The molecule has 1 unspecified atom stereocenters. The molecule has 0 spiro atoms. The quantitative estimate of drug-likeness (QED) is 0.743. The lowest BCUT2D eigenvalue weighted by molar-refractivity contribution is -0.136. The van der Waals surface area contributed by atoms with Crippen molar-refractivity contribution < 1.29 is 14.0 Å². The van der Waals surface area contributed by atoms with Gasteiger partial charge in [-0.15, -0.1) is 0 Å². The van der Waals surface area contributed by atoms with Crippen molar-refractivity contribution >= 4 is 12.2 Å². The number of piperidine rings is 1. The van der Waals surface area contributed by atoms with Gasteiger partial charge in [0.05, 0.1) is 6.04 Å². The molecule has 1 saturated heterocycles. The Bertz CT molecular complexity index is 286. The Morgan fingerprint density at radius 2 is 1.94 bits per heavy atom. The third-order valence-corrected chi connectivity index (χ3v) is 3.47. The molecule has 0 saturated carbocycles. The summed E-state index contributed by atoms with van der Waals surface area (Å²) in [7, 11) is 1.44. The third-order valence-electron chi connectivity index (χ3n) is 3.47. The van der Waals surface area contributed by atoms with Crippen LogP contribution < -0.4 is 5.32 Å². The van der Waals surface area contributed by atoms with Gasteiger partial charge in [-0.3, -0.25) is 9.69 Å². The van der Waals surface area contributed by atoms with E-state index in [0.717, 1.165) is 6.29 Å². The fourth-order valence-electron chi connectivity index (χ4n) is 2.29. The Morgan fingerprint density at radius 1 is 1.41 bits per heavy atom. The summed E-state index contributed by atoms with van der Waals surface area (Å²) in [4.78, 5) is 24.3. The molecule has 1 aliphatic heterocycles. The molecule has 17 heavy (non-hydrogen) atoms. The number of nitrogens with one attached hydrogen (secondary N) is 1. The van der Waals surface area contributed by atoms with Crippen LogP contribution in [-0.4, -0.2) is 48.9 Å². The second-order valence-corrected chi connectivity index (χ2v) is 4.95. The van der Waals surface area contributed by atoms with Crippen LogP contribution in [0.1, 0.15) is 26.7 Å². The summed E-state index contributed by atoms with van der Waals surface area (Å²) in [5.41, 5.74) is -1.77. The van der Waals surface area contributed by atoms with Crippen LogP contribution in [0.5, 0.6) is 0 Å². The van der Waals surface area contributed by atoms with Crippen LogP contribution in [0.2, 0.25) is 0 Å². The molecule has 0 aliphatic carbocycles. The Balaban J connectivity index is 2.61. The molecule has 1 heterocycles. The SMILES string of the molecule is CNC(=O)C1(F)CCN(C(C=O)C(C)C)CC1. The summed E-state index contributed by atoms with van der Waals surface area (Å²) in [5.74, 6) is -0.344. The summed E-state index contributed by atoms with van der Waals surface area (Å²) in [6.45, 7) is 4.83. The first-order valence-electron chi connectivity index (χ1n) is 6.05. The van der Waals surface area contributed by atoms with Gasteiger partial charge in [0, 0.05) is 33.0 Å². The highest BCUT2D eigenvalue weighted by Gasteiger charge is 2.42. The zero-order valence-electron chi connectivity index (χ0n) is 10.7. The van der Waals surface area contributed by atoms with Gasteiger partial charge in [-0.1, -0.05) is 13.8 Å². The molecule has 1 aliphatic rings. The molecule has 0 aromatic heterocycles. The van der Waals surface area contributed by atoms with Crippen molar-refractivity contribution in [1.82, 2.24) is 10.2 Å². The number of carbonyl (C=O) groups excluding carboxylic acids is 2. The zero-order chi connectivity index (χ0) is 13.1. The largest absolute Gasteiger partial charge is 0.356 e. The second kappa shape index (κ2) is 5.58. The minimum absolute atomic E-state index is 0.156. The van der Waals surface area contributed by atoms with Crippen molar-refractivity contribution in [3.8, 4) is 0 Å². The lowest BCUT2D eigenvalue weighted by Gasteiger charge is -2.38. The molecule has 0 aromatic carbocycles. The van der Waals surface area contributed by atoms with E-state index in [0.29, 0.717) is 13.1 Å².